The highest BCUT2D eigenvalue weighted by molar-refractivity contribution is 5.44. The number of aryl methyl sites for hydroxylation is 1. The minimum absolute atomic E-state index is 0.689. The van der Waals surface area contributed by atoms with E-state index in [0.717, 1.165) is 22.6 Å². The summed E-state index contributed by atoms with van der Waals surface area (Å²) < 4.78 is 10.5. The lowest BCUT2D eigenvalue weighted by atomic mass is 10.1. The molecule has 0 N–H and O–H groups in total. The van der Waals surface area contributed by atoms with E-state index in [2.05, 4.69) is 30.9 Å². The summed E-state index contributed by atoms with van der Waals surface area (Å²) in [4.78, 5) is 0. The molecule has 20 heavy (non-hydrogen) atoms. The van der Waals surface area contributed by atoms with Crippen molar-refractivity contribution in [2.45, 2.75) is 13.3 Å². The fraction of sp³-hybridized carbons (Fsp3) is 0.222. The summed E-state index contributed by atoms with van der Waals surface area (Å²) in [6, 6.07) is 14.1. The smallest absolute Gasteiger partial charge is 0.161 e. The average molecular weight is 266 g/mol. The number of rotatable bonds is 3. The van der Waals surface area contributed by atoms with Crippen LogP contribution >= 0.6 is 0 Å². The van der Waals surface area contributed by atoms with E-state index in [1.165, 1.54) is 5.56 Å². The summed E-state index contributed by atoms with van der Waals surface area (Å²) in [5.74, 6) is 7.82. The molecular formula is C18H18O2. The van der Waals surface area contributed by atoms with Crippen molar-refractivity contribution in [3.63, 3.8) is 0 Å². The molecule has 0 saturated heterocycles. The molecule has 0 saturated carbocycles. The van der Waals surface area contributed by atoms with Gasteiger partial charge < -0.3 is 9.47 Å². The SMILES string of the molecule is COc1ccc(CC#Cc2ccc(C)cc2)cc1OC. The van der Waals surface area contributed by atoms with Crippen LogP contribution in [0.25, 0.3) is 0 Å². The van der Waals surface area contributed by atoms with Gasteiger partial charge in [0.2, 0.25) is 0 Å². The maximum Gasteiger partial charge on any atom is 0.161 e. The molecule has 0 heterocycles. The van der Waals surface area contributed by atoms with Gasteiger partial charge in [-0.3, -0.25) is 0 Å². The van der Waals surface area contributed by atoms with Gasteiger partial charge in [0.15, 0.2) is 11.5 Å². The molecule has 2 aromatic carbocycles. The van der Waals surface area contributed by atoms with E-state index in [4.69, 9.17) is 9.47 Å². The molecule has 0 aliphatic rings. The van der Waals surface area contributed by atoms with Gasteiger partial charge in [-0.05, 0) is 36.8 Å². The van der Waals surface area contributed by atoms with Crippen molar-refractivity contribution in [3.05, 3.63) is 59.2 Å². The first-order valence-electron chi connectivity index (χ1n) is 6.49. The van der Waals surface area contributed by atoms with E-state index in [0.29, 0.717) is 6.42 Å². The molecule has 2 aromatic rings. The third-order valence-electron chi connectivity index (χ3n) is 3.02. The summed E-state index contributed by atoms with van der Waals surface area (Å²) in [5, 5.41) is 0. The van der Waals surface area contributed by atoms with Crippen LogP contribution in [0.5, 0.6) is 11.5 Å². The Balaban J connectivity index is 2.09. The Kier molecular flexibility index (Phi) is 4.68. The topological polar surface area (TPSA) is 18.5 Å². The fourth-order valence-electron chi connectivity index (χ4n) is 1.88. The zero-order valence-electron chi connectivity index (χ0n) is 12.1. The van der Waals surface area contributed by atoms with Gasteiger partial charge in [0.05, 0.1) is 14.2 Å². The van der Waals surface area contributed by atoms with E-state index in [1.54, 1.807) is 14.2 Å². The van der Waals surface area contributed by atoms with Crippen LogP contribution in [0.4, 0.5) is 0 Å². The van der Waals surface area contributed by atoms with Gasteiger partial charge in [0.25, 0.3) is 0 Å². The van der Waals surface area contributed by atoms with Crippen molar-refractivity contribution in [2.75, 3.05) is 14.2 Å². The summed E-state index contributed by atoms with van der Waals surface area (Å²) in [7, 11) is 3.27. The highest BCUT2D eigenvalue weighted by Gasteiger charge is 2.03. The standard InChI is InChI=1S/C18H18O2/c1-14-7-9-15(10-8-14)5-4-6-16-11-12-17(19-2)18(13-16)20-3/h7-13H,6H2,1-3H3. The van der Waals surface area contributed by atoms with Gasteiger partial charge in [-0.2, -0.15) is 0 Å². The van der Waals surface area contributed by atoms with Crippen LogP contribution in [-0.4, -0.2) is 14.2 Å². The lowest BCUT2D eigenvalue weighted by molar-refractivity contribution is 0.354. The molecule has 0 aliphatic carbocycles. The normalized spacial score (nSPS) is 9.55. The Bertz CT molecular complexity index is 631. The predicted octanol–water partition coefficient (Wildman–Crippen LogP) is 3.61. The number of ether oxygens (including phenoxy) is 2. The number of hydrogen-bond acceptors (Lipinski definition) is 2. The fourth-order valence-corrected chi connectivity index (χ4v) is 1.88. The van der Waals surface area contributed by atoms with Crippen molar-refractivity contribution in [2.24, 2.45) is 0 Å². The molecule has 0 aliphatic heterocycles. The van der Waals surface area contributed by atoms with Crippen LogP contribution in [0.2, 0.25) is 0 Å². The second kappa shape index (κ2) is 6.68. The van der Waals surface area contributed by atoms with Gasteiger partial charge >= 0.3 is 0 Å². The third kappa shape index (κ3) is 3.55. The summed E-state index contributed by atoms with van der Waals surface area (Å²) in [6.45, 7) is 2.07. The second-order valence-corrected chi connectivity index (χ2v) is 4.53. The van der Waals surface area contributed by atoms with Gasteiger partial charge in [-0.25, -0.2) is 0 Å². The lowest BCUT2D eigenvalue weighted by Gasteiger charge is -2.07. The zero-order valence-corrected chi connectivity index (χ0v) is 12.1. The largest absolute Gasteiger partial charge is 0.493 e. The van der Waals surface area contributed by atoms with E-state index < -0.39 is 0 Å². The molecular weight excluding hydrogens is 248 g/mol. The van der Waals surface area contributed by atoms with Crippen molar-refractivity contribution in [3.8, 4) is 23.3 Å². The summed E-state index contributed by atoms with van der Waals surface area (Å²) in [5.41, 5.74) is 3.40. The number of hydrogen-bond donors (Lipinski definition) is 0. The van der Waals surface area contributed by atoms with Crippen LogP contribution in [0.1, 0.15) is 16.7 Å². The molecule has 2 rings (SSSR count). The van der Waals surface area contributed by atoms with E-state index in [9.17, 15) is 0 Å². The minimum Gasteiger partial charge on any atom is -0.493 e. The van der Waals surface area contributed by atoms with Crippen LogP contribution < -0.4 is 9.47 Å². The van der Waals surface area contributed by atoms with E-state index in [1.807, 2.05) is 30.3 Å². The van der Waals surface area contributed by atoms with Crippen LogP contribution in [0.3, 0.4) is 0 Å². The van der Waals surface area contributed by atoms with Crippen molar-refractivity contribution in [1.29, 1.82) is 0 Å². The predicted molar refractivity (Wildman–Crippen MR) is 81.3 cm³/mol. The molecule has 0 spiro atoms. The summed E-state index contributed by atoms with van der Waals surface area (Å²) in [6.07, 6.45) is 0.689. The Morgan fingerprint density at radius 1 is 0.900 bits per heavy atom. The maximum absolute atomic E-state index is 5.28. The molecule has 0 aromatic heterocycles. The molecule has 0 fully saturated rings. The van der Waals surface area contributed by atoms with E-state index in [-0.39, 0.29) is 0 Å². The Morgan fingerprint density at radius 2 is 1.60 bits per heavy atom. The molecule has 0 amide bonds. The molecule has 102 valence electrons. The van der Waals surface area contributed by atoms with Crippen molar-refractivity contribution >= 4 is 0 Å². The van der Waals surface area contributed by atoms with Crippen molar-refractivity contribution < 1.29 is 9.47 Å². The highest BCUT2D eigenvalue weighted by atomic mass is 16.5. The molecule has 0 unspecified atom stereocenters. The average Bonchev–Trinajstić information content (AvgIpc) is 2.49. The monoisotopic (exact) mass is 266 g/mol. The Hall–Kier alpha value is -2.40. The first-order chi connectivity index (χ1) is 9.72. The molecule has 2 nitrogen and oxygen atoms in total. The minimum atomic E-state index is 0.689. The second-order valence-electron chi connectivity index (χ2n) is 4.53. The molecule has 0 atom stereocenters. The molecule has 2 heteroatoms. The van der Waals surface area contributed by atoms with Crippen LogP contribution in [0, 0.1) is 18.8 Å². The quantitative estimate of drug-likeness (QED) is 0.790. The third-order valence-corrected chi connectivity index (χ3v) is 3.02. The van der Waals surface area contributed by atoms with Crippen molar-refractivity contribution in [1.82, 2.24) is 0 Å². The van der Waals surface area contributed by atoms with Gasteiger partial charge in [-0.15, -0.1) is 0 Å². The highest BCUT2D eigenvalue weighted by Crippen LogP contribution is 2.27. The first kappa shape index (κ1) is 14.0. The van der Waals surface area contributed by atoms with Gasteiger partial charge in [0.1, 0.15) is 0 Å². The Morgan fingerprint density at radius 3 is 2.25 bits per heavy atom. The number of methoxy groups -OCH3 is 2. The molecule has 0 radical (unpaired) electrons. The lowest BCUT2D eigenvalue weighted by Crippen LogP contribution is -1.92. The van der Waals surface area contributed by atoms with Gasteiger partial charge in [0, 0.05) is 12.0 Å². The molecule has 0 bridgehead atoms. The number of benzene rings is 2. The van der Waals surface area contributed by atoms with Crippen LogP contribution in [-0.2, 0) is 6.42 Å². The zero-order chi connectivity index (χ0) is 14.4. The van der Waals surface area contributed by atoms with E-state index >= 15 is 0 Å². The summed E-state index contributed by atoms with van der Waals surface area (Å²) >= 11 is 0. The Labute approximate surface area is 120 Å². The first-order valence-corrected chi connectivity index (χ1v) is 6.49. The van der Waals surface area contributed by atoms with Crippen LogP contribution in [0.15, 0.2) is 42.5 Å². The van der Waals surface area contributed by atoms with Gasteiger partial charge in [-0.1, -0.05) is 35.6 Å². The maximum atomic E-state index is 5.28.